The van der Waals surface area contributed by atoms with Gasteiger partial charge in [0.25, 0.3) is 0 Å². The van der Waals surface area contributed by atoms with E-state index in [9.17, 15) is 0 Å². The predicted molar refractivity (Wildman–Crippen MR) is 193 cm³/mol. The van der Waals surface area contributed by atoms with E-state index in [1.54, 1.807) is 0 Å². The second-order valence-electron chi connectivity index (χ2n) is 17.4. The third-order valence-corrected chi connectivity index (χ3v) is 21.7. The zero-order valence-corrected chi connectivity index (χ0v) is 33.2. The van der Waals surface area contributed by atoms with Crippen LogP contribution in [0, 0.1) is 5.92 Å². The van der Waals surface area contributed by atoms with Gasteiger partial charge < -0.3 is 18.2 Å². The van der Waals surface area contributed by atoms with E-state index in [0.29, 0.717) is 5.92 Å². The van der Waals surface area contributed by atoms with Crippen LogP contribution in [0.15, 0.2) is 40.9 Å². The number of benzene rings is 2. The van der Waals surface area contributed by atoms with Gasteiger partial charge in [-0.25, -0.2) is 0 Å². The smallest absolute Gasteiger partial charge is 0.410 e. The van der Waals surface area contributed by atoms with Crippen LogP contribution in [0.25, 0.3) is 0 Å². The first-order chi connectivity index (χ1) is 20.1. The van der Waals surface area contributed by atoms with E-state index in [4.69, 9.17) is 18.2 Å². The lowest BCUT2D eigenvalue weighted by Gasteiger charge is -2.43. The first-order valence-corrected chi connectivity index (χ1v) is 23.3. The average molecular weight is 700 g/mol. The molecule has 1 heterocycles. The molecule has 44 heavy (non-hydrogen) atoms. The second kappa shape index (κ2) is 11.5. The van der Waals surface area contributed by atoms with Crippen molar-refractivity contribution in [3.8, 4) is 0 Å². The number of hydrogen-bond acceptors (Lipinski definition) is 4. The average Bonchev–Trinajstić information content (AvgIpc) is 3.50. The molecule has 1 aliphatic heterocycles. The number of rotatable bonds is 7. The molecule has 2 aromatic carbocycles. The minimum absolute atomic E-state index is 0.0490. The summed E-state index contributed by atoms with van der Waals surface area (Å²) in [5.41, 5.74) is 5.62. The highest BCUT2D eigenvalue weighted by molar-refractivity contribution is 9.10. The molecule has 3 aliphatic rings. The Bertz CT molecular complexity index is 1400. The molecule has 0 spiro atoms. The highest BCUT2D eigenvalue weighted by Crippen LogP contribution is 2.52. The molecule has 2 aromatic rings. The maximum Gasteiger partial charge on any atom is 0.495 e. The van der Waals surface area contributed by atoms with Crippen LogP contribution in [-0.2, 0) is 31.0 Å². The summed E-state index contributed by atoms with van der Waals surface area (Å²) >= 11 is 3.86. The summed E-state index contributed by atoms with van der Waals surface area (Å²) in [6.45, 7) is 30.1. The number of hydrogen-bond donors (Lipinski definition) is 0. The van der Waals surface area contributed by atoms with E-state index >= 15 is 0 Å². The summed E-state index contributed by atoms with van der Waals surface area (Å²) in [7, 11) is -4.32. The van der Waals surface area contributed by atoms with Crippen molar-refractivity contribution in [1.29, 1.82) is 0 Å². The van der Waals surface area contributed by atoms with Crippen molar-refractivity contribution in [2.45, 2.75) is 148 Å². The van der Waals surface area contributed by atoms with Crippen LogP contribution in [0.5, 0.6) is 0 Å². The zero-order chi connectivity index (χ0) is 32.7. The summed E-state index contributed by atoms with van der Waals surface area (Å²) in [4.78, 5) is 0. The topological polar surface area (TPSA) is 36.9 Å². The van der Waals surface area contributed by atoms with Crippen molar-refractivity contribution < 1.29 is 18.2 Å². The van der Waals surface area contributed by atoms with Crippen LogP contribution in [0.4, 0.5) is 0 Å². The first-order valence-electron chi connectivity index (χ1n) is 16.7. The van der Waals surface area contributed by atoms with Crippen molar-refractivity contribution in [3.63, 3.8) is 0 Å². The molecule has 1 fully saturated rings. The van der Waals surface area contributed by atoms with E-state index in [1.807, 2.05) is 0 Å². The fourth-order valence-corrected chi connectivity index (χ4v) is 9.91. The molecular formula is C36H56BBrO4Si2. The zero-order valence-electron chi connectivity index (χ0n) is 29.6. The van der Waals surface area contributed by atoms with Crippen LogP contribution >= 0.6 is 15.9 Å². The standard InChI is InChI=1S/C36H56BBrO4Si2/c1-33(2,3)43(10,11)39-31-21-20-25-26(31)16-14-18-29(25)37-41-35(7,8)36(9,42-37)23-24-22-28-27(17-15-19-30(28)38)32(24)40-44(12,13)34(4,5)6/h14-19,24,31-32H,20-23H2,1-13H3. The minimum atomic E-state index is -2.02. The summed E-state index contributed by atoms with van der Waals surface area (Å²) < 4.78 is 29.3. The van der Waals surface area contributed by atoms with E-state index in [2.05, 4.69) is 141 Å². The van der Waals surface area contributed by atoms with Crippen LogP contribution in [0.2, 0.25) is 36.3 Å². The Balaban J connectivity index is 1.42. The summed E-state index contributed by atoms with van der Waals surface area (Å²) in [6.07, 6.45) is 4.06. The number of fused-ring (bicyclic) bond motifs is 2. The molecule has 0 radical (unpaired) electrons. The van der Waals surface area contributed by atoms with Crippen molar-refractivity contribution >= 4 is 45.1 Å². The Hall–Kier alpha value is -0.741. The molecule has 0 amide bonds. The van der Waals surface area contributed by atoms with E-state index in [0.717, 1.165) is 25.7 Å². The lowest BCUT2D eigenvalue weighted by Crippen LogP contribution is -2.48. The summed E-state index contributed by atoms with van der Waals surface area (Å²) in [5, 5.41) is 0.311. The minimum Gasteiger partial charge on any atom is -0.410 e. The predicted octanol–water partition coefficient (Wildman–Crippen LogP) is 10.1. The molecule has 2 aliphatic carbocycles. The van der Waals surface area contributed by atoms with Crippen molar-refractivity contribution in [3.05, 3.63) is 63.1 Å². The molecule has 5 rings (SSSR count). The summed E-state index contributed by atoms with van der Waals surface area (Å²) in [5.74, 6) is 0.299. The molecule has 0 saturated carbocycles. The molecule has 0 aromatic heterocycles. The normalized spacial score (nSPS) is 27.1. The molecule has 4 unspecified atom stereocenters. The molecule has 4 nitrogen and oxygen atoms in total. The van der Waals surface area contributed by atoms with Gasteiger partial charge in [0, 0.05) is 4.47 Å². The molecule has 0 N–H and O–H groups in total. The molecule has 1 saturated heterocycles. The number of halogens is 1. The quantitative estimate of drug-likeness (QED) is 0.270. The van der Waals surface area contributed by atoms with Gasteiger partial charge in [-0.15, -0.1) is 0 Å². The lowest BCUT2D eigenvalue weighted by molar-refractivity contribution is -0.0394. The van der Waals surface area contributed by atoms with E-state index in [-0.39, 0.29) is 22.3 Å². The molecule has 8 heteroatoms. The van der Waals surface area contributed by atoms with Gasteiger partial charge in [-0.05, 0) is 122 Å². The monoisotopic (exact) mass is 698 g/mol. The maximum atomic E-state index is 7.24. The molecule has 242 valence electrons. The Morgan fingerprint density at radius 3 is 2.07 bits per heavy atom. The van der Waals surface area contributed by atoms with E-state index in [1.165, 1.54) is 32.2 Å². The SMILES string of the molecule is CC1(C)OB(c2cccc3c2CCC3O[Si](C)(C)C(C)(C)C)OC1(C)CC1Cc2c(Br)cccc2C1O[Si](C)(C)C(C)(C)C. The lowest BCUT2D eigenvalue weighted by atomic mass is 9.75. The first kappa shape index (κ1) is 34.6. The highest BCUT2D eigenvalue weighted by Gasteiger charge is 2.57. The van der Waals surface area contributed by atoms with Gasteiger partial charge in [-0.1, -0.05) is 87.8 Å². The van der Waals surface area contributed by atoms with Gasteiger partial charge in [0.2, 0.25) is 0 Å². The van der Waals surface area contributed by atoms with Gasteiger partial charge in [-0.2, -0.15) is 0 Å². The van der Waals surface area contributed by atoms with Crippen molar-refractivity contribution in [2.75, 3.05) is 0 Å². The third kappa shape index (κ3) is 6.15. The summed E-state index contributed by atoms with van der Waals surface area (Å²) in [6, 6.07) is 13.2. The van der Waals surface area contributed by atoms with Gasteiger partial charge in [0.15, 0.2) is 16.6 Å². The third-order valence-electron chi connectivity index (χ3n) is 12.0. The van der Waals surface area contributed by atoms with Crippen molar-refractivity contribution in [1.82, 2.24) is 0 Å². The fraction of sp³-hybridized carbons (Fsp3) is 0.667. The molecular weight excluding hydrogens is 643 g/mol. The molecule has 0 bridgehead atoms. The molecule has 4 atom stereocenters. The van der Waals surface area contributed by atoms with Gasteiger partial charge in [-0.3, -0.25) is 0 Å². The van der Waals surface area contributed by atoms with Gasteiger partial charge in [0.1, 0.15) is 0 Å². The van der Waals surface area contributed by atoms with Crippen LogP contribution < -0.4 is 5.46 Å². The Morgan fingerprint density at radius 1 is 0.841 bits per heavy atom. The Kier molecular flexibility index (Phi) is 9.00. The second-order valence-corrected chi connectivity index (χ2v) is 27.8. The van der Waals surface area contributed by atoms with Gasteiger partial charge in [0.05, 0.1) is 23.4 Å². The van der Waals surface area contributed by atoms with Crippen molar-refractivity contribution in [2.24, 2.45) is 5.92 Å². The van der Waals surface area contributed by atoms with Crippen LogP contribution in [0.3, 0.4) is 0 Å². The highest BCUT2D eigenvalue weighted by atomic mass is 79.9. The van der Waals surface area contributed by atoms with Crippen LogP contribution in [0.1, 0.15) is 110 Å². The van der Waals surface area contributed by atoms with Crippen LogP contribution in [-0.4, -0.2) is 35.0 Å². The Morgan fingerprint density at radius 2 is 1.43 bits per heavy atom. The van der Waals surface area contributed by atoms with Gasteiger partial charge >= 0.3 is 7.12 Å². The maximum absolute atomic E-state index is 7.24. The fourth-order valence-electron chi connectivity index (χ4n) is 6.75. The van der Waals surface area contributed by atoms with E-state index < -0.39 is 35.0 Å². The largest absolute Gasteiger partial charge is 0.495 e. The Labute approximate surface area is 278 Å².